The Morgan fingerprint density at radius 3 is 2.72 bits per heavy atom. The monoisotopic (exact) mass is 254 g/mol. The highest BCUT2D eigenvalue weighted by molar-refractivity contribution is 4.84. The second kappa shape index (κ2) is 7.46. The molecule has 0 radical (unpaired) electrons. The molecule has 2 rings (SSSR count). The van der Waals surface area contributed by atoms with Crippen molar-refractivity contribution in [1.82, 2.24) is 10.2 Å². The molecule has 2 fully saturated rings. The third kappa shape index (κ3) is 3.69. The zero-order valence-corrected chi connectivity index (χ0v) is 12.2. The molecule has 2 aliphatic rings. The van der Waals surface area contributed by atoms with Gasteiger partial charge in [0, 0.05) is 25.2 Å². The van der Waals surface area contributed by atoms with Crippen LogP contribution in [-0.4, -0.2) is 50.3 Å². The van der Waals surface area contributed by atoms with Gasteiger partial charge in [0.2, 0.25) is 0 Å². The maximum absolute atomic E-state index is 5.60. The van der Waals surface area contributed by atoms with E-state index in [0.717, 1.165) is 25.7 Å². The Kier molecular flexibility index (Phi) is 5.93. The first kappa shape index (κ1) is 14.3. The predicted octanol–water partition coefficient (Wildman–Crippen LogP) is 2.27. The fourth-order valence-corrected chi connectivity index (χ4v) is 3.57. The van der Waals surface area contributed by atoms with E-state index in [9.17, 15) is 0 Å². The molecule has 0 aromatic carbocycles. The van der Waals surface area contributed by atoms with Gasteiger partial charge in [0.15, 0.2) is 0 Å². The third-order valence-corrected chi connectivity index (χ3v) is 4.84. The molecule has 0 bridgehead atoms. The van der Waals surface area contributed by atoms with Crippen LogP contribution < -0.4 is 5.32 Å². The van der Waals surface area contributed by atoms with Gasteiger partial charge in [-0.15, -0.1) is 0 Å². The highest BCUT2D eigenvalue weighted by Gasteiger charge is 2.28. The maximum atomic E-state index is 5.60. The third-order valence-electron chi connectivity index (χ3n) is 4.84. The fourth-order valence-electron chi connectivity index (χ4n) is 3.57. The maximum Gasteiger partial charge on any atom is 0.0622 e. The first-order valence-electron chi connectivity index (χ1n) is 7.84. The van der Waals surface area contributed by atoms with Crippen molar-refractivity contribution in [2.75, 3.05) is 33.4 Å². The van der Waals surface area contributed by atoms with Crippen LogP contribution in [0.5, 0.6) is 0 Å². The van der Waals surface area contributed by atoms with Gasteiger partial charge in [-0.3, -0.25) is 4.90 Å². The van der Waals surface area contributed by atoms with Crippen LogP contribution in [0.3, 0.4) is 0 Å². The van der Waals surface area contributed by atoms with Crippen LogP contribution in [0.4, 0.5) is 0 Å². The van der Waals surface area contributed by atoms with E-state index in [1.54, 1.807) is 0 Å². The number of hydrogen-bond acceptors (Lipinski definition) is 3. The van der Waals surface area contributed by atoms with Crippen LogP contribution >= 0.6 is 0 Å². The summed E-state index contributed by atoms with van der Waals surface area (Å²) in [7, 11) is 2.14. The summed E-state index contributed by atoms with van der Waals surface area (Å²) < 4.78 is 5.60. The minimum absolute atomic E-state index is 0.637. The standard InChI is InChI=1S/C15H30N2O/c1-3-14-12-18-10-9-17(14)11-15(16-2)13-7-5-4-6-8-13/h13-16H,3-12H2,1-2H3. The summed E-state index contributed by atoms with van der Waals surface area (Å²) in [5, 5.41) is 3.58. The topological polar surface area (TPSA) is 24.5 Å². The Morgan fingerprint density at radius 2 is 2.06 bits per heavy atom. The van der Waals surface area contributed by atoms with Crippen LogP contribution in [0.1, 0.15) is 45.4 Å². The number of rotatable bonds is 5. The molecular weight excluding hydrogens is 224 g/mol. The van der Waals surface area contributed by atoms with E-state index < -0.39 is 0 Å². The van der Waals surface area contributed by atoms with Crippen molar-refractivity contribution in [3.63, 3.8) is 0 Å². The number of hydrogen-bond donors (Lipinski definition) is 1. The molecule has 106 valence electrons. The molecule has 1 saturated carbocycles. The minimum Gasteiger partial charge on any atom is -0.378 e. The molecule has 18 heavy (non-hydrogen) atoms. The highest BCUT2D eigenvalue weighted by Crippen LogP contribution is 2.27. The van der Waals surface area contributed by atoms with Gasteiger partial charge in [-0.2, -0.15) is 0 Å². The largest absolute Gasteiger partial charge is 0.378 e. The van der Waals surface area contributed by atoms with Gasteiger partial charge in [0.05, 0.1) is 13.2 Å². The summed E-state index contributed by atoms with van der Waals surface area (Å²) in [5.41, 5.74) is 0. The minimum atomic E-state index is 0.637. The van der Waals surface area contributed by atoms with E-state index in [4.69, 9.17) is 4.74 Å². The second-order valence-corrected chi connectivity index (χ2v) is 5.93. The lowest BCUT2D eigenvalue weighted by molar-refractivity contribution is -0.0160. The molecule has 0 aromatic rings. The zero-order chi connectivity index (χ0) is 12.8. The Labute approximate surface area is 112 Å². The SMILES string of the molecule is CCC1COCCN1CC(NC)C1CCCCC1. The van der Waals surface area contributed by atoms with Crippen LogP contribution in [-0.2, 0) is 4.74 Å². The van der Waals surface area contributed by atoms with Gasteiger partial charge >= 0.3 is 0 Å². The van der Waals surface area contributed by atoms with E-state index in [0.29, 0.717) is 12.1 Å². The highest BCUT2D eigenvalue weighted by atomic mass is 16.5. The Bertz CT molecular complexity index is 229. The Hall–Kier alpha value is -0.120. The molecular formula is C15H30N2O. The molecule has 2 unspecified atom stereocenters. The van der Waals surface area contributed by atoms with E-state index in [1.165, 1.54) is 45.1 Å². The molecule has 0 spiro atoms. The number of likely N-dealkylation sites (N-methyl/N-ethyl adjacent to an activating group) is 1. The van der Waals surface area contributed by atoms with Crippen LogP contribution in [0.2, 0.25) is 0 Å². The first-order chi connectivity index (χ1) is 8.85. The normalized spacial score (nSPS) is 29.3. The Balaban J connectivity index is 1.87. The summed E-state index contributed by atoms with van der Waals surface area (Å²) >= 11 is 0. The summed E-state index contributed by atoms with van der Waals surface area (Å²) in [6.45, 7) is 6.45. The molecule has 3 nitrogen and oxygen atoms in total. The van der Waals surface area contributed by atoms with Gasteiger partial charge in [-0.05, 0) is 32.2 Å². The number of morpholine rings is 1. The number of nitrogens with zero attached hydrogens (tertiary/aromatic N) is 1. The Morgan fingerprint density at radius 1 is 1.28 bits per heavy atom. The molecule has 1 N–H and O–H groups in total. The van der Waals surface area contributed by atoms with Crippen molar-refractivity contribution in [1.29, 1.82) is 0 Å². The average Bonchev–Trinajstić information content (AvgIpc) is 2.46. The van der Waals surface area contributed by atoms with E-state index >= 15 is 0 Å². The van der Waals surface area contributed by atoms with Gasteiger partial charge in [0.25, 0.3) is 0 Å². The van der Waals surface area contributed by atoms with Crippen molar-refractivity contribution in [2.45, 2.75) is 57.5 Å². The molecule has 0 aromatic heterocycles. The van der Waals surface area contributed by atoms with Crippen molar-refractivity contribution >= 4 is 0 Å². The average molecular weight is 254 g/mol. The van der Waals surface area contributed by atoms with Crippen molar-refractivity contribution in [2.24, 2.45) is 5.92 Å². The lowest BCUT2D eigenvalue weighted by atomic mass is 9.83. The van der Waals surface area contributed by atoms with Gasteiger partial charge in [0.1, 0.15) is 0 Å². The van der Waals surface area contributed by atoms with Crippen LogP contribution in [0, 0.1) is 5.92 Å². The molecule has 1 aliphatic carbocycles. The van der Waals surface area contributed by atoms with Crippen molar-refractivity contribution in [3.05, 3.63) is 0 Å². The molecule has 1 aliphatic heterocycles. The van der Waals surface area contributed by atoms with Crippen LogP contribution in [0.25, 0.3) is 0 Å². The summed E-state index contributed by atoms with van der Waals surface area (Å²) in [6.07, 6.45) is 8.37. The summed E-state index contributed by atoms with van der Waals surface area (Å²) in [6, 6.07) is 1.32. The lowest BCUT2D eigenvalue weighted by Crippen LogP contribution is -2.52. The second-order valence-electron chi connectivity index (χ2n) is 5.93. The van der Waals surface area contributed by atoms with Gasteiger partial charge < -0.3 is 10.1 Å². The number of ether oxygens (including phenoxy) is 1. The van der Waals surface area contributed by atoms with E-state index in [2.05, 4.69) is 24.2 Å². The molecule has 1 saturated heterocycles. The molecule has 3 heteroatoms. The fraction of sp³-hybridized carbons (Fsp3) is 1.00. The zero-order valence-electron chi connectivity index (χ0n) is 12.2. The van der Waals surface area contributed by atoms with Crippen LogP contribution in [0.15, 0.2) is 0 Å². The summed E-state index contributed by atoms with van der Waals surface area (Å²) in [5.74, 6) is 0.893. The van der Waals surface area contributed by atoms with E-state index in [1.807, 2.05) is 0 Å². The van der Waals surface area contributed by atoms with Gasteiger partial charge in [-0.1, -0.05) is 26.2 Å². The lowest BCUT2D eigenvalue weighted by Gasteiger charge is -2.40. The van der Waals surface area contributed by atoms with Crippen molar-refractivity contribution < 1.29 is 4.74 Å². The van der Waals surface area contributed by atoms with Crippen molar-refractivity contribution in [3.8, 4) is 0 Å². The summed E-state index contributed by atoms with van der Waals surface area (Å²) in [4.78, 5) is 2.65. The molecule has 1 heterocycles. The molecule has 2 atom stereocenters. The molecule has 0 amide bonds. The smallest absolute Gasteiger partial charge is 0.0622 e. The first-order valence-corrected chi connectivity index (χ1v) is 7.84. The van der Waals surface area contributed by atoms with Gasteiger partial charge in [-0.25, -0.2) is 0 Å². The quantitative estimate of drug-likeness (QED) is 0.814. The number of nitrogens with one attached hydrogen (secondary N) is 1. The predicted molar refractivity (Wildman–Crippen MR) is 75.9 cm³/mol. The van der Waals surface area contributed by atoms with E-state index in [-0.39, 0.29) is 0 Å².